The molecule has 0 radical (unpaired) electrons. The van der Waals surface area contributed by atoms with Crippen LogP contribution in [0.4, 0.5) is 22.7 Å². The van der Waals surface area contributed by atoms with Crippen LogP contribution < -0.4 is 16.0 Å². The van der Waals surface area contributed by atoms with Gasteiger partial charge in [-0.1, -0.05) is 19.9 Å². The van der Waals surface area contributed by atoms with Gasteiger partial charge in [-0.2, -0.15) is 0 Å². The zero-order valence-electron chi connectivity index (χ0n) is 18.8. The minimum atomic E-state index is -0.349. The van der Waals surface area contributed by atoms with Crippen LogP contribution in [0.25, 0.3) is 0 Å². The summed E-state index contributed by atoms with van der Waals surface area (Å²) in [5, 5.41) is 3.37. The summed E-state index contributed by atoms with van der Waals surface area (Å²) < 4.78 is 10.5. The highest BCUT2D eigenvalue weighted by atomic mass is 16.5. The number of nitrogens with one attached hydrogen (secondary N) is 1. The number of rotatable bonds is 9. The quantitative estimate of drug-likeness (QED) is 0.468. The molecule has 1 fully saturated rings. The number of benzene rings is 2. The minimum absolute atomic E-state index is 0.294. The largest absolute Gasteiger partial charge is 0.462 e. The van der Waals surface area contributed by atoms with Crippen LogP contribution in [0, 0.1) is 5.92 Å². The molecule has 0 aromatic heterocycles. The molecule has 0 amide bonds. The first kappa shape index (κ1) is 22.9. The van der Waals surface area contributed by atoms with Gasteiger partial charge in [0.05, 0.1) is 30.2 Å². The van der Waals surface area contributed by atoms with Crippen LogP contribution in [0.1, 0.15) is 24.2 Å². The molecule has 0 saturated carbocycles. The Morgan fingerprint density at radius 1 is 1.13 bits per heavy atom. The number of anilines is 4. The number of esters is 1. The van der Waals surface area contributed by atoms with Gasteiger partial charge in [0, 0.05) is 51.2 Å². The van der Waals surface area contributed by atoms with Crippen molar-refractivity contribution in [1.82, 2.24) is 4.90 Å². The van der Waals surface area contributed by atoms with E-state index in [1.54, 1.807) is 19.2 Å². The second kappa shape index (κ2) is 11.0. The number of piperazine rings is 1. The summed E-state index contributed by atoms with van der Waals surface area (Å²) in [6, 6.07) is 13.6. The molecule has 1 saturated heterocycles. The van der Waals surface area contributed by atoms with Crippen molar-refractivity contribution in [3.8, 4) is 0 Å². The highest BCUT2D eigenvalue weighted by Gasteiger charge is 2.17. The fraction of sp³-hybridized carbons (Fsp3) is 0.458. The lowest BCUT2D eigenvalue weighted by atomic mass is 10.1. The molecule has 1 aliphatic rings. The molecule has 168 valence electrons. The van der Waals surface area contributed by atoms with E-state index in [1.807, 2.05) is 32.0 Å². The Hall–Kier alpha value is -2.77. The standard InChI is InChI=1S/C24H34N4O3/c1-18(2)17-31-24(29)19-7-8-23(22(25)15-19)26-20-5-4-6-21(16-20)28-11-9-27(10-12-28)13-14-30-3/h4-8,15-16,18,26H,9-14,17,25H2,1-3H3. The van der Waals surface area contributed by atoms with Crippen molar-refractivity contribution >= 4 is 28.7 Å². The lowest BCUT2D eigenvalue weighted by molar-refractivity contribution is 0.0459. The summed E-state index contributed by atoms with van der Waals surface area (Å²) in [7, 11) is 1.74. The Labute approximate surface area is 185 Å². The van der Waals surface area contributed by atoms with Gasteiger partial charge in [0.2, 0.25) is 0 Å². The molecular weight excluding hydrogens is 392 g/mol. The van der Waals surface area contributed by atoms with Crippen molar-refractivity contribution < 1.29 is 14.3 Å². The number of methoxy groups -OCH3 is 1. The number of ether oxygens (including phenoxy) is 2. The van der Waals surface area contributed by atoms with E-state index < -0.39 is 0 Å². The van der Waals surface area contributed by atoms with Gasteiger partial charge in [0.25, 0.3) is 0 Å². The van der Waals surface area contributed by atoms with Crippen molar-refractivity contribution in [3.05, 3.63) is 48.0 Å². The van der Waals surface area contributed by atoms with E-state index in [0.717, 1.165) is 50.7 Å². The Kier molecular flexibility index (Phi) is 8.14. The van der Waals surface area contributed by atoms with Gasteiger partial charge in [-0.25, -0.2) is 4.79 Å². The summed E-state index contributed by atoms with van der Waals surface area (Å²) in [6.45, 7) is 10.2. The van der Waals surface area contributed by atoms with E-state index in [1.165, 1.54) is 5.69 Å². The van der Waals surface area contributed by atoms with Crippen LogP contribution in [0.5, 0.6) is 0 Å². The number of carbonyl (C=O) groups excluding carboxylic acids is 1. The van der Waals surface area contributed by atoms with E-state index >= 15 is 0 Å². The molecule has 0 spiro atoms. The highest BCUT2D eigenvalue weighted by molar-refractivity contribution is 5.92. The van der Waals surface area contributed by atoms with Crippen molar-refractivity contribution in [1.29, 1.82) is 0 Å². The number of nitrogen functional groups attached to an aromatic ring is 1. The maximum atomic E-state index is 12.2. The van der Waals surface area contributed by atoms with Gasteiger partial charge in [-0.05, 0) is 42.3 Å². The summed E-state index contributed by atoms with van der Waals surface area (Å²) in [5.41, 5.74) is 10.1. The fourth-order valence-electron chi connectivity index (χ4n) is 3.52. The third-order valence-electron chi connectivity index (χ3n) is 5.31. The smallest absolute Gasteiger partial charge is 0.338 e. The van der Waals surface area contributed by atoms with Gasteiger partial charge in [0.1, 0.15) is 0 Å². The van der Waals surface area contributed by atoms with Crippen LogP contribution in [-0.2, 0) is 9.47 Å². The molecule has 3 N–H and O–H groups in total. The molecule has 7 heteroatoms. The molecule has 7 nitrogen and oxygen atoms in total. The van der Waals surface area contributed by atoms with Crippen LogP contribution >= 0.6 is 0 Å². The lowest BCUT2D eigenvalue weighted by Gasteiger charge is -2.36. The van der Waals surface area contributed by atoms with Gasteiger partial charge in [0.15, 0.2) is 0 Å². The van der Waals surface area contributed by atoms with E-state index in [9.17, 15) is 4.79 Å². The van der Waals surface area contributed by atoms with Crippen LogP contribution in [0.15, 0.2) is 42.5 Å². The molecule has 0 bridgehead atoms. The number of hydrogen-bond donors (Lipinski definition) is 2. The second-order valence-electron chi connectivity index (χ2n) is 8.29. The predicted molar refractivity (Wildman–Crippen MR) is 126 cm³/mol. The normalized spacial score (nSPS) is 14.6. The lowest BCUT2D eigenvalue weighted by Crippen LogP contribution is -2.47. The maximum absolute atomic E-state index is 12.2. The average molecular weight is 427 g/mol. The summed E-state index contributed by atoms with van der Waals surface area (Å²) in [5.74, 6) is -0.0542. The molecule has 3 rings (SSSR count). The molecule has 1 aliphatic heterocycles. The van der Waals surface area contributed by atoms with Gasteiger partial charge < -0.3 is 25.4 Å². The number of carbonyl (C=O) groups is 1. The van der Waals surface area contributed by atoms with Gasteiger partial charge in [-0.15, -0.1) is 0 Å². The molecule has 0 aliphatic carbocycles. The summed E-state index contributed by atoms with van der Waals surface area (Å²) >= 11 is 0. The SMILES string of the molecule is COCCN1CCN(c2cccc(Nc3ccc(C(=O)OCC(C)C)cc3N)c2)CC1. The number of nitrogens with two attached hydrogens (primary N) is 1. The first-order valence-electron chi connectivity index (χ1n) is 10.9. The molecule has 31 heavy (non-hydrogen) atoms. The minimum Gasteiger partial charge on any atom is -0.462 e. The zero-order chi connectivity index (χ0) is 22.2. The van der Waals surface area contributed by atoms with E-state index in [-0.39, 0.29) is 5.97 Å². The topological polar surface area (TPSA) is 80.1 Å². The molecule has 1 heterocycles. The van der Waals surface area contributed by atoms with Crippen molar-refractivity contribution in [3.63, 3.8) is 0 Å². The van der Waals surface area contributed by atoms with Crippen LogP contribution in [0.3, 0.4) is 0 Å². The van der Waals surface area contributed by atoms with Crippen molar-refractivity contribution in [2.75, 3.05) is 69.0 Å². The van der Waals surface area contributed by atoms with Crippen LogP contribution in [0.2, 0.25) is 0 Å². The first-order chi connectivity index (χ1) is 15.0. The van der Waals surface area contributed by atoms with E-state index in [0.29, 0.717) is 23.8 Å². The highest BCUT2D eigenvalue weighted by Crippen LogP contribution is 2.27. The van der Waals surface area contributed by atoms with Crippen molar-refractivity contribution in [2.24, 2.45) is 5.92 Å². The summed E-state index contributed by atoms with van der Waals surface area (Å²) in [6.07, 6.45) is 0. The zero-order valence-corrected chi connectivity index (χ0v) is 18.8. The Balaban J connectivity index is 1.61. The predicted octanol–water partition coefficient (Wildman–Crippen LogP) is 3.59. The average Bonchev–Trinajstić information content (AvgIpc) is 2.78. The maximum Gasteiger partial charge on any atom is 0.338 e. The summed E-state index contributed by atoms with van der Waals surface area (Å²) in [4.78, 5) is 17.0. The molecule has 2 aromatic carbocycles. The molecule has 0 atom stereocenters. The Morgan fingerprint density at radius 3 is 2.58 bits per heavy atom. The van der Waals surface area contributed by atoms with Crippen molar-refractivity contribution in [2.45, 2.75) is 13.8 Å². The second-order valence-corrected chi connectivity index (χ2v) is 8.29. The Morgan fingerprint density at radius 2 is 1.90 bits per heavy atom. The van der Waals surface area contributed by atoms with E-state index in [2.05, 4.69) is 27.2 Å². The fourth-order valence-corrected chi connectivity index (χ4v) is 3.52. The van der Waals surface area contributed by atoms with E-state index in [4.69, 9.17) is 15.2 Å². The number of nitrogens with zero attached hydrogens (tertiary/aromatic N) is 2. The Bertz CT molecular complexity index is 864. The third kappa shape index (κ3) is 6.60. The van der Waals surface area contributed by atoms with Gasteiger partial charge in [-0.3, -0.25) is 4.90 Å². The number of hydrogen-bond acceptors (Lipinski definition) is 7. The van der Waals surface area contributed by atoms with Crippen LogP contribution in [-0.4, -0.2) is 63.9 Å². The monoisotopic (exact) mass is 426 g/mol. The molecular formula is C24H34N4O3. The van der Waals surface area contributed by atoms with Gasteiger partial charge >= 0.3 is 5.97 Å². The molecule has 0 unspecified atom stereocenters. The first-order valence-corrected chi connectivity index (χ1v) is 10.9. The molecule has 2 aromatic rings. The third-order valence-corrected chi connectivity index (χ3v) is 5.31.